The van der Waals surface area contributed by atoms with Crippen molar-refractivity contribution in [2.24, 2.45) is 11.7 Å². The van der Waals surface area contributed by atoms with Crippen LogP contribution in [0, 0.1) is 11.7 Å². The van der Waals surface area contributed by atoms with Crippen LogP contribution in [0.3, 0.4) is 0 Å². The van der Waals surface area contributed by atoms with E-state index in [2.05, 4.69) is 4.72 Å². The van der Waals surface area contributed by atoms with Crippen LogP contribution < -0.4 is 15.2 Å². The van der Waals surface area contributed by atoms with Crippen molar-refractivity contribution in [1.29, 1.82) is 0 Å². The minimum Gasteiger partial charge on any atom is -0.492 e. The van der Waals surface area contributed by atoms with Gasteiger partial charge in [0.15, 0.2) is 0 Å². The molecule has 2 aliphatic rings. The third kappa shape index (κ3) is 3.01. The summed E-state index contributed by atoms with van der Waals surface area (Å²) in [5, 5.41) is 0. The first-order chi connectivity index (χ1) is 12.6. The van der Waals surface area contributed by atoms with E-state index in [0.29, 0.717) is 41.0 Å². The van der Waals surface area contributed by atoms with Crippen molar-refractivity contribution >= 4 is 23.6 Å². The Balaban J connectivity index is 1.65. The number of hydrogen-bond donors (Lipinski definition) is 2. The van der Waals surface area contributed by atoms with E-state index in [1.807, 2.05) is 12.1 Å². The second-order valence-electron chi connectivity index (χ2n) is 6.47. The summed E-state index contributed by atoms with van der Waals surface area (Å²) in [6.45, 7) is 0.857. The molecule has 0 aromatic heterocycles. The van der Waals surface area contributed by atoms with E-state index in [1.54, 1.807) is 6.07 Å². The standard InChI is InChI=1S/C19H19FN2O3S/c1-24-19(23)17-15(4-3-13-14-7-11(14)9-25-18(13)17)22-26-16-5-2-12(20)6-10(16)8-21/h2-6,11,14,22H,7-9,21H2,1H3. The molecule has 1 aliphatic heterocycles. The first-order valence-electron chi connectivity index (χ1n) is 8.41. The number of anilines is 1. The molecular formula is C19H19FN2O3S. The topological polar surface area (TPSA) is 73.6 Å². The molecule has 0 amide bonds. The van der Waals surface area contributed by atoms with Gasteiger partial charge in [-0.15, -0.1) is 0 Å². The molecular weight excluding hydrogens is 355 g/mol. The van der Waals surface area contributed by atoms with Crippen molar-refractivity contribution in [3.05, 3.63) is 52.8 Å². The van der Waals surface area contributed by atoms with Crippen molar-refractivity contribution in [3.8, 4) is 5.75 Å². The zero-order chi connectivity index (χ0) is 18.3. The van der Waals surface area contributed by atoms with E-state index in [1.165, 1.54) is 31.2 Å². The summed E-state index contributed by atoms with van der Waals surface area (Å²) in [5.74, 6) is 0.880. The minimum absolute atomic E-state index is 0.224. The lowest BCUT2D eigenvalue weighted by molar-refractivity contribution is 0.0596. The molecule has 1 fully saturated rings. The average Bonchev–Trinajstić information content (AvgIpc) is 3.45. The largest absolute Gasteiger partial charge is 0.492 e. The van der Waals surface area contributed by atoms with Gasteiger partial charge in [-0.05, 0) is 59.7 Å². The highest BCUT2D eigenvalue weighted by Crippen LogP contribution is 2.55. The maximum atomic E-state index is 13.4. The lowest BCUT2D eigenvalue weighted by Crippen LogP contribution is -2.15. The normalized spacial score (nSPS) is 19.8. The van der Waals surface area contributed by atoms with Crippen LogP contribution in [-0.4, -0.2) is 19.7 Å². The van der Waals surface area contributed by atoms with E-state index < -0.39 is 5.97 Å². The van der Waals surface area contributed by atoms with Crippen LogP contribution in [-0.2, 0) is 11.3 Å². The van der Waals surface area contributed by atoms with Gasteiger partial charge >= 0.3 is 5.97 Å². The molecule has 2 atom stereocenters. The average molecular weight is 374 g/mol. The Kier molecular flexibility index (Phi) is 4.50. The molecule has 0 saturated heterocycles. The predicted molar refractivity (Wildman–Crippen MR) is 97.9 cm³/mol. The zero-order valence-corrected chi connectivity index (χ0v) is 15.1. The molecule has 0 spiro atoms. The first kappa shape index (κ1) is 17.2. The second-order valence-corrected chi connectivity index (χ2v) is 7.32. The summed E-state index contributed by atoms with van der Waals surface area (Å²) in [6.07, 6.45) is 1.10. The van der Waals surface area contributed by atoms with Crippen molar-refractivity contribution in [2.45, 2.75) is 23.8 Å². The Morgan fingerprint density at radius 3 is 3.04 bits per heavy atom. The monoisotopic (exact) mass is 374 g/mol. The van der Waals surface area contributed by atoms with Gasteiger partial charge in [0.1, 0.15) is 17.1 Å². The minimum atomic E-state index is -0.442. The fourth-order valence-electron chi connectivity index (χ4n) is 3.36. The van der Waals surface area contributed by atoms with Crippen LogP contribution in [0.2, 0.25) is 0 Å². The summed E-state index contributed by atoms with van der Waals surface area (Å²) in [5.41, 5.74) is 8.47. The van der Waals surface area contributed by atoms with E-state index in [-0.39, 0.29) is 12.4 Å². The summed E-state index contributed by atoms with van der Waals surface area (Å²) in [4.78, 5) is 13.2. The molecule has 26 heavy (non-hydrogen) atoms. The first-order valence-corrected chi connectivity index (χ1v) is 9.23. The van der Waals surface area contributed by atoms with Gasteiger partial charge in [0.2, 0.25) is 0 Å². The van der Waals surface area contributed by atoms with Gasteiger partial charge < -0.3 is 19.9 Å². The van der Waals surface area contributed by atoms with Gasteiger partial charge in [0.05, 0.1) is 19.4 Å². The molecule has 4 rings (SSSR count). The highest BCUT2D eigenvalue weighted by atomic mass is 32.2. The van der Waals surface area contributed by atoms with Gasteiger partial charge in [-0.1, -0.05) is 6.07 Å². The molecule has 1 aliphatic carbocycles. The summed E-state index contributed by atoms with van der Waals surface area (Å²) < 4.78 is 27.4. The fourth-order valence-corrected chi connectivity index (χ4v) is 4.16. The van der Waals surface area contributed by atoms with Crippen molar-refractivity contribution in [3.63, 3.8) is 0 Å². The molecule has 2 aromatic rings. The summed E-state index contributed by atoms with van der Waals surface area (Å²) in [6, 6.07) is 8.33. The molecule has 1 saturated carbocycles. The maximum absolute atomic E-state index is 13.4. The number of carbonyl (C=O) groups excluding carboxylic acids is 1. The van der Waals surface area contributed by atoms with E-state index >= 15 is 0 Å². The Morgan fingerprint density at radius 1 is 1.42 bits per heavy atom. The zero-order valence-electron chi connectivity index (χ0n) is 14.3. The molecule has 0 bridgehead atoms. The van der Waals surface area contributed by atoms with Gasteiger partial charge in [-0.3, -0.25) is 0 Å². The molecule has 3 N–H and O–H groups in total. The third-order valence-electron chi connectivity index (χ3n) is 4.85. The van der Waals surface area contributed by atoms with Crippen LogP contribution in [0.15, 0.2) is 35.2 Å². The number of nitrogens with two attached hydrogens (primary N) is 1. The number of benzene rings is 2. The van der Waals surface area contributed by atoms with Gasteiger partial charge in [0, 0.05) is 17.4 Å². The third-order valence-corrected chi connectivity index (χ3v) is 5.80. The summed E-state index contributed by atoms with van der Waals surface area (Å²) in [7, 11) is 1.36. The Morgan fingerprint density at radius 2 is 2.27 bits per heavy atom. The number of esters is 1. The van der Waals surface area contributed by atoms with Gasteiger partial charge in [-0.2, -0.15) is 0 Å². The Labute approximate surface area is 155 Å². The SMILES string of the molecule is COC(=O)c1c(NSc2ccc(F)cc2CN)ccc2c1OCC1CC21. The molecule has 7 heteroatoms. The number of carbonyl (C=O) groups is 1. The van der Waals surface area contributed by atoms with E-state index in [9.17, 15) is 9.18 Å². The van der Waals surface area contributed by atoms with E-state index in [4.69, 9.17) is 15.2 Å². The second kappa shape index (κ2) is 6.81. The molecule has 1 heterocycles. The van der Waals surface area contributed by atoms with Crippen molar-refractivity contribution in [2.75, 3.05) is 18.4 Å². The van der Waals surface area contributed by atoms with Crippen LogP contribution >= 0.6 is 11.9 Å². The quantitative estimate of drug-likeness (QED) is 0.614. The van der Waals surface area contributed by atoms with Crippen molar-refractivity contribution in [1.82, 2.24) is 0 Å². The lowest BCUT2D eigenvalue weighted by atomic mass is 10.0. The highest BCUT2D eigenvalue weighted by molar-refractivity contribution is 8.00. The molecule has 2 unspecified atom stereocenters. The molecule has 0 radical (unpaired) electrons. The number of fused-ring (bicyclic) bond motifs is 3. The highest BCUT2D eigenvalue weighted by Gasteiger charge is 2.45. The number of halogens is 1. The number of ether oxygens (including phenoxy) is 2. The van der Waals surface area contributed by atoms with Crippen LogP contribution in [0.25, 0.3) is 0 Å². The molecule has 2 aromatic carbocycles. The number of nitrogens with one attached hydrogen (secondary N) is 1. The summed E-state index contributed by atoms with van der Waals surface area (Å²) >= 11 is 1.28. The Bertz CT molecular complexity index is 874. The number of hydrogen-bond acceptors (Lipinski definition) is 6. The smallest absolute Gasteiger partial charge is 0.343 e. The van der Waals surface area contributed by atoms with Crippen LogP contribution in [0.5, 0.6) is 5.75 Å². The Hall–Kier alpha value is -2.25. The molecule has 136 valence electrons. The van der Waals surface area contributed by atoms with Gasteiger partial charge in [0.25, 0.3) is 0 Å². The fraction of sp³-hybridized carbons (Fsp3) is 0.316. The van der Waals surface area contributed by atoms with Crippen LogP contribution in [0.4, 0.5) is 10.1 Å². The lowest BCUT2D eigenvalue weighted by Gasteiger charge is -2.21. The number of methoxy groups -OCH3 is 1. The molecule has 5 nitrogen and oxygen atoms in total. The number of rotatable bonds is 5. The van der Waals surface area contributed by atoms with Crippen molar-refractivity contribution < 1.29 is 18.7 Å². The predicted octanol–water partition coefficient (Wildman–Crippen LogP) is 3.69. The van der Waals surface area contributed by atoms with E-state index in [0.717, 1.165) is 16.9 Å². The maximum Gasteiger partial charge on any atom is 0.343 e. The van der Waals surface area contributed by atoms with Crippen LogP contribution in [0.1, 0.15) is 33.8 Å². The van der Waals surface area contributed by atoms with Gasteiger partial charge in [-0.25, -0.2) is 9.18 Å².